The maximum atomic E-state index is 10.4. The number of phenolic OH excluding ortho intramolecular Hbond substituents is 2. The molecule has 9 heteroatoms. The molecule has 0 amide bonds. The van der Waals surface area contributed by atoms with Crippen LogP contribution in [0.2, 0.25) is 0 Å². The van der Waals surface area contributed by atoms with Crippen molar-refractivity contribution in [3.05, 3.63) is 59.7 Å². The van der Waals surface area contributed by atoms with Crippen molar-refractivity contribution in [3.63, 3.8) is 0 Å². The number of aliphatic carboxylic acids is 2. The van der Waals surface area contributed by atoms with E-state index < -0.39 is 24.0 Å². The minimum Gasteiger partial charge on any atom is -0.508 e. The van der Waals surface area contributed by atoms with Crippen LogP contribution in [-0.4, -0.2) is 44.4 Å². The molecule has 27 heavy (non-hydrogen) atoms. The Hall–Kier alpha value is -2.58. The van der Waals surface area contributed by atoms with Crippen molar-refractivity contribution < 1.29 is 47.1 Å². The molecule has 0 fully saturated rings. The predicted molar refractivity (Wildman–Crippen MR) is 94.8 cm³/mol. The van der Waals surface area contributed by atoms with E-state index in [0.29, 0.717) is 0 Å². The predicted octanol–water partition coefficient (Wildman–Crippen LogP) is 0.691. The second-order valence-electron chi connectivity index (χ2n) is 5.63. The van der Waals surface area contributed by atoms with Crippen LogP contribution in [-0.2, 0) is 39.5 Å². The van der Waals surface area contributed by atoms with Crippen LogP contribution in [0.15, 0.2) is 48.5 Å². The summed E-state index contributed by atoms with van der Waals surface area (Å²) in [5.41, 5.74) is 12.2. The van der Waals surface area contributed by atoms with E-state index in [1.54, 1.807) is 24.3 Å². The van der Waals surface area contributed by atoms with E-state index in [0.717, 1.165) is 11.1 Å². The number of carboxylic acid groups (broad SMARTS) is 2. The van der Waals surface area contributed by atoms with Crippen molar-refractivity contribution in [2.24, 2.45) is 11.5 Å². The first-order valence-electron chi connectivity index (χ1n) is 7.71. The normalized spacial score (nSPS) is 11.9. The molecule has 0 aromatic heterocycles. The molecule has 0 saturated carbocycles. The van der Waals surface area contributed by atoms with Gasteiger partial charge < -0.3 is 31.9 Å². The first kappa shape index (κ1) is 24.4. The van der Waals surface area contributed by atoms with Crippen molar-refractivity contribution in [3.8, 4) is 11.5 Å². The van der Waals surface area contributed by atoms with Crippen molar-refractivity contribution >= 4 is 11.9 Å². The number of rotatable bonds is 6. The van der Waals surface area contributed by atoms with Crippen LogP contribution in [0.3, 0.4) is 0 Å². The SMILES string of the molecule is N[C@@H](Cc1ccc(O)cc1)C(=O)O.N[C@@H](Cc1ccc(O)cc1)C(=O)O.[Cu]. The van der Waals surface area contributed by atoms with Crippen LogP contribution in [0.25, 0.3) is 0 Å². The van der Waals surface area contributed by atoms with Gasteiger partial charge >= 0.3 is 11.9 Å². The van der Waals surface area contributed by atoms with Crippen LogP contribution in [0.4, 0.5) is 0 Å². The number of benzene rings is 2. The fourth-order valence-electron chi connectivity index (χ4n) is 1.95. The number of phenols is 2. The average molecular weight is 426 g/mol. The molecule has 2 atom stereocenters. The van der Waals surface area contributed by atoms with Crippen LogP contribution >= 0.6 is 0 Å². The summed E-state index contributed by atoms with van der Waals surface area (Å²) in [5, 5.41) is 35.0. The summed E-state index contributed by atoms with van der Waals surface area (Å²) in [6.45, 7) is 0. The Bertz CT molecular complexity index is 658. The Morgan fingerprint density at radius 1 is 0.704 bits per heavy atom. The van der Waals surface area contributed by atoms with E-state index in [2.05, 4.69) is 0 Å². The van der Waals surface area contributed by atoms with Gasteiger partial charge in [-0.3, -0.25) is 9.59 Å². The minimum atomic E-state index is -1.02. The fraction of sp³-hybridized carbons (Fsp3) is 0.222. The molecule has 0 bridgehead atoms. The number of carboxylic acids is 2. The molecule has 8 N–H and O–H groups in total. The van der Waals surface area contributed by atoms with Gasteiger partial charge in [0, 0.05) is 17.1 Å². The number of hydrogen-bond acceptors (Lipinski definition) is 6. The topological polar surface area (TPSA) is 167 Å². The average Bonchev–Trinajstić information content (AvgIpc) is 2.59. The summed E-state index contributed by atoms with van der Waals surface area (Å²) >= 11 is 0. The minimum absolute atomic E-state index is 0. The third kappa shape index (κ3) is 9.62. The summed E-state index contributed by atoms with van der Waals surface area (Å²) < 4.78 is 0. The molecule has 2 rings (SSSR count). The van der Waals surface area contributed by atoms with Crippen LogP contribution in [0.1, 0.15) is 11.1 Å². The van der Waals surface area contributed by atoms with Crippen LogP contribution in [0, 0.1) is 0 Å². The van der Waals surface area contributed by atoms with Crippen molar-refractivity contribution in [2.45, 2.75) is 24.9 Å². The molecule has 8 nitrogen and oxygen atoms in total. The van der Waals surface area contributed by atoms with E-state index >= 15 is 0 Å². The van der Waals surface area contributed by atoms with E-state index in [4.69, 9.17) is 31.9 Å². The third-order valence-corrected chi connectivity index (χ3v) is 3.42. The zero-order chi connectivity index (χ0) is 19.7. The third-order valence-electron chi connectivity index (χ3n) is 3.42. The molecule has 0 unspecified atom stereocenters. The molecule has 1 radical (unpaired) electrons. The largest absolute Gasteiger partial charge is 0.508 e. The van der Waals surface area contributed by atoms with E-state index in [1.165, 1.54) is 24.3 Å². The van der Waals surface area contributed by atoms with Gasteiger partial charge in [-0.05, 0) is 48.2 Å². The summed E-state index contributed by atoms with van der Waals surface area (Å²) in [4.78, 5) is 20.8. The van der Waals surface area contributed by atoms with Crippen molar-refractivity contribution in [2.75, 3.05) is 0 Å². The first-order chi connectivity index (χ1) is 12.2. The molecule has 0 saturated heterocycles. The van der Waals surface area contributed by atoms with Gasteiger partial charge in [-0.1, -0.05) is 24.3 Å². The van der Waals surface area contributed by atoms with Gasteiger partial charge in [0.1, 0.15) is 23.6 Å². The molecular weight excluding hydrogens is 404 g/mol. The number of carbonyl (C=O) groups is 2. The molecular formula is C18H22CuN2O6. The quantitative estimate of drug-likeness (QED) is 0.367. The fourth-order valence-corrected chi connectivity index (χ4v) is 1.95. The zero-order valence-corrected chi connectivity index (χ0v) is 15.2. The number of aromatic hydroxyl groups is 2. The molecule has 0 aliphatic heterocycles. The van der Waals surface area contributed by atoms with Gasteiger partial charge in [0.25, 0.3) is 0 Å². The monoisotopic (exact) mass is 425 g/mol. The Morgan fingerprint density at radius 3 is 1.19 bits per heavy atom. The van der Waals surface area contributed by atoms with Gasteiger partial charge in [-0.25, -0.2) is 0 Å². The number of hydrogen-bond donors (Lipinski definition) is 6. The standard InChI is InChI=1S/2C9H11NO3.Cu/c2*10-8(9(12)13)5-6-1-3-7(11)4-2-6;/h2*1-4,8,11H,5,10H2,(H,12,13);/t2*8-;/m00./s1. The Morgan fingerprint density at radius 2 is 0.963 bits per heavy atom. The Balaban J connectivity index is 0.000000483. The Kier molecular flexibility index (Phi) is 10.8. The molecule has 151 valence electrons. The molecule has 2 aromatic rings. The summed E-state index contributed by atoms with van der Waals surface area (Å²) in [5.74, 6) is -1.72. The van der Waals surface area contributed by atoms with Crippen molar-refractivity contribution in [1.29, 1.82) is 0 Å². The van der Waals surface area contributed by atoms with Gasteiger partial charge in [-0.2, -0.15) is 0 Å². The second-order valence-corrected chi connectivity index (χ2v) is 5.63. The molecule has 0 heterocycles. The first-order valence-corrected chi connectivity index (χ1v) is 7.71. The maximum Gasteiger partial charge on any atom is 0.320 e. The second kappa shape index (κ2) is 11.9. The van der Waals surface area contributed by atoms with E-state index in [1.807, 2.05) is 0 Å². The van der Waals surface area contributed by atoms with Crippen LogP contribution < -0.4 is 11.5 Å². The van der Waals surface area contributed by atoms with Gasteiger partial charge in [0.2, 0.25) is 0 Å². The zero-order valence-electron chi connectivity index (χ0n) is 14.2. The summed E-state index contributed by atoms with van der Waals surface area (Å²) in [7, 11) is 0. The van der Waals surface area contributed by atoms with Gasteiger partial charge in [-0.15, -0.1) is 0 Å². The number of nitrogens with two attached hydrogens (primary N) is 2. The van der Waals surface area contributed by atoms with Crippen molar-refractivity contribution in [1.82, 2.24) is 0 Å². The maximum absolute atomic E-state index is 10.4. The molecule has 0 aliphatic rings. The molecule has 0 spiro atoms. The van der Waals surface area contributed by atoms with E-state index in [-0.39, 0.29) is 41.4 Å². The van der Waals surface area contributed by atoms with E-state index in [9.17, 15) is 9.59 Å². The smallest absolute Gasteiger partial charge is 0.320 e. The molecule has 2 aromatic carbocycles. The summed E-state index contributed by atoms with van der Waals surface area (Å²) in [6.07, 6.45) is 0.547. The van der Waals surface area contributed by atoms with Gasteiger partial charge in [0.15, 0.2) is 0 Å². The van der Waals surface area contributed by atoms with Gasteiger partial charge in [0.05, 0.1) is 0 Å². The molecule has 0 aliphatic carbocycles. The summed E-state index contributed by atoms with van der Waals surface area (Å²) in [6, 6.07) is 10.8. The Labute approximate surface area is 166 Å². The van der Waals surface area contributed by atoms with Crippen LogP contribution in [0.5, 0.6) is 11.5 Å².